The van der Waals surface area contributed by atoms with Crippen LogP contribution in [0.4, 0.5) is 0 Å². The first-order chi connectivity index (χ1) is 12.7. The Morgan fingerprint density at radius 3 is 3.12 bits per heavy atom. The lowest BCUT2D eigenvalue weighted by Crippen LogP contribution is -2.59. The van der Waals surface area contributed by atoms with Crippen molar-refractivity contribution < 1.29 is 14.3 Å². The molecule has 0 spiro atoms. The van der Waals surface area contributed by atoms with E-state index < -0.39 is 0 Å². The molecule has 4 rings (SSSR count). The van der Waals surface area contributed by atoms with Gasteiger partial charge in [0.05, 0.1) is 0 Å². The SMILES string of the molecule is CCCCC(=O)OCOc1ccc2c(c1)[C@]13CCCC[C@@H]1[C@@H](C2)NCC3. The molecule has 26 heavy (non-hydrogen) atoms. The van der Waals surface area contributed by atoms with Crippen LogP contribution >= 0.6 is 0 Å². The Hall–Kier alpha value is -1.55. The summed E-state index contributed by atoms with van der Waals surface area (Å²) in [4.78, 5) is 11.6. The number of unbranched alkanes of at least 4 members (excludes halogenated alkanes) is 1. The Bertz CT molecular complexity index is 655. The molecule has 1 aliphatic heterocycles. The summed E-state index contributed by atoms with van der Waals surface area (Å²) in [5, 5.41) is 3.77. The van der Waals surface area contributed by atoms with Crippen LogP contribution in [0.1, 0.15) is 69.4 Å². The highest BCUT2D eigenvalue weighted by Gasteiger charge is 2.51. The highest BCUT2D eigenvalue weighted by Crippen LogP contribution is 2.54. The maximum atomic E-state index is 11.6. The molecule has 3 aliphatic rings. The van der Waals surface area contributed by atoms with Crippen LogP contribution in [0.5, 0.6) is 5.75 Å². The van der Waals surface area contributed by atoms with Gasteiger partial charge in [-0.2, -0.15) is 0 Å². The van der Waals surface area contributed by atoms with Crippen molar-refractivity contribution in [2.24, 2.45) is 5.92 Å². The molecule has 4 nitrogen and oxygen atoms in total. The molecule has 0 radical (unpaired) electrons. The first-order valence-electron chi connectivity index (χ1n) is 10.4. The van der Waals surface area contributed by atoms with E-state index in [0.29, 0.717) is 17.9 Å². The normalized spacial score (nSPS) is 29.4. The lowest BCUT2D eigenvalue weighted by Gasteiger charge is -2.56. The quantitative estimate of drug-likeness (QED) is 0.615. The van der Waals surface area contributed by atoms with Crippen molar-refractivity contribution in [3.63, 3.8) is 0 Å². The number of hydrogen-bond acceptors (Lipinski definition) is 4. The van der Waals surface area contributed by atoms with Crippen molar-refractivity contribution in [2.45, 2.75) is 76.2 Å². The van der Waals surface area contributed by atoms with Gasteiger partial charge in [-0.3, -0.25) is 4.79 Å². The van der Waals surface area contributed by atoms with Crippen LogP contribution in [0.2, 0.25) is 0 Å². The third-order valence-electron chi connectivity index (χ3n) is 6.80. The zero-order valence-electron chi connectivity index (χ0n) is 15.9. The summed E-state index contributed by atoms with van der Waals surface area (Å²) >= 11 is 0. The molecule has 1 aromatic rings. The molecule has 1 saturated heterocycles. The zero-order chi connectivity index (χ0) is 18.0. The molecular weight excluding hydrogens is 326 g/mol. The highest BCUT2D eigenvalue weighted by molar-refractivity contribution is 5.69. The molecule has 4 heteroatoms. The van der Waals surface area contributed by atoms with Gasteiger partial charge >= 0.3 is 5.97 Å². The first-order valence-corrected chi connectivity index (χ1v) is 10.4. The van der Waals surface area contributed by atoms with Gasteiger partial charge in [0.2, 0.25) is 6.79 Å². The van der Waals surface area contributed by atoms with Crippen molar-refractivity contribution in [1.82, 2.24) is 5.32 Å². The lowest BCUT2D eigenvalue weighted by molar-refractivity contribution is -0.150. The average molecular weight is 357 g/mol. The monoisotopic (exact) mass is 357 g/mol. The minimum absolute atomic E-state index is 0.0158. The van der Waals surface area contributed by atoms with Crippen molar-refractivity contribution in [2.75, 3.05) is 13.3 Å². The number of hydrogen-bond donors (Lipinski definition) is 1. The largest absolute Gasteiger partial charge is 0.457 e. The standard InChI is InChI=1S/C22H31NO3/c1-2-3-7-21(24)26-15-25-17-9-8-16-13-20-18-6-4-5-10-22(18,11-12-23-20)19(16)14-17/h8-9,14,18,20,23H,2-7,10-13,15H2,1H3/t18-,20-,22+/m1/s1. The van der Waals surface area contributed by atoms with E-state index in [4.69, 9.17) is 9.47 Å². The summed E-state index contributed by atoms with van der Waals surface area (Å²) in [6.07, 6.45) is 10.1. The molecule has 1 heterocycles. The molecular formula is C22H31NO3. The van der Waals surface area contributed by atoms with Gasteiger partial charge in [0.25, 0.3) is 0 Å². The molecule has 0 unspecified atom stereocenters. The van der Waals surface area contributed by atoms with Crippen LogP contribution in [-0.2, 0) is 21.4 Å². The van der Waals surface area contributed by atoms with E-state index in [0.717, 1.165) is 37.5 Å². The molecule has 2 bridgehead atoms. The summed E-state index contributed by atoms with van der Waals surface area (Å²) in [5.74, 6) is 1.43. The Kier molecular flexibility index (Phi) is 5.21. The molecule has 0 aromatic heterocycles. The fourth-order valence-corrected chi connectivity index (χ4v) is 5.55. The second kappa shape index (κ2) is 7.59. The van der Waals surface area contributed by atoms with Gasteiger partial charge in [0, 0.05) is 17.9 Å². The molecule has 1 saturated carbocycles. The molecule has 142 valence electrons. The second-order valence-electron chi connectivity index (χ2n) is 8.22. The molecule has 2 fully saturated rings. The summed E-state index contributed by atoms with van der Waals surface area (Å²) in [6, 6.07) is 7.15. The number of fused-ring (bicyclic) bond motifs is 1. The Morgan fingerprint density at radius 1 is 1.31 bits per heavy atom. The fraction of sp³-hybridized carbons (Fsp3) is 0.682. The molecule has 1 N–H and O–H groups in total. The van der Waals surface area contributed by atoms with E-state index in [9.17, 15) is 4.79 Å². The van der Waals surface area contributed by atoms with Crippen molar-refractivity contribution >= 4 is 5.97 Å². The summed E-state index contributed by atoms with van der Waals surface area (Å²) in [5.41, 5.74) is 3.32. The van der Waals surface area contributed by atoms with Crippen molar-refractivity contribution in [3.05, 3.63) is 29.3 Å². The average Bonchev–Trinajstić information content (AvgIpc) is 2.67. The van der Waals surface area contributed by atoms with Crippen molar-refractivity contribution in [1.29, 1.82) is 0 Å². The smallest absolute Gasteiger partial charge is 0.308 e. The number of rotatable bonds is 6. The number of ether oxygens (including phenoxy) is 2. The van der Waals surface area contributed by atoms with Gasteiger partial charge in [-0.25, -0.2) is 0 Å². The fourth-order valence-electron chi connectivity index (χ4n) is 5.55. The third-order valence-corrected chi connectivity index (χ3v) is 6.80. The first kappa shape index (κ1) is 17.8. The van der Waals surface area contributed by atoms with Gasteiger partial charge in [-0.1, -0.05) is 32.3 Å². The van der Waals surface area contributed by atoms with E-state index in [1.807, 2.05) is 6.07 Å². The van der Waals surface area contributed by atoms with E-state index in [1.165, 1.54) is 43.2 Å². The zero-order valence-corrected chi connectivity index (χ0v) is 15.9. The predicted molar refractivity (Wildman–Crippen MR) is 101 cm³/mol. The molecule has 1 aromatic carbocycles. The maximum Gasteiger partial charge on any atom is 0.308 e. The number of nitrogens with one attached hydrogen (secondary N) is 1. The molecule has 2 aliphatic carbocycles. The predicted octanol–water partition coefficient (Wildman–Crippen LogP) is 4.10. The van der Waals surface area contributed by atoms with Crippen LogP contribution in [0.3, 0.4) is 0 Å². The van der Waals surface area contributed by atoms with Gasteiger partial charge in [-0.05, 0) is 67.8 Å². The Balaban J connectivity index is 1.49. The number of carbonyl (C=O) groups excluding carboxylic acids is 1. The minimum Gasteiger partial charge on any atom is -0.457 e. The van der Waals surface area contributed by atoms with Gasteiger partial charge in [0.1, 0.15) is 5.75 Å². The third kappa shape index (κ3) is 3.24. The van der Waals surface area contributed by atoms with E-state index in [1.54, 1.807) is 0 Å². The number of piperidine rings is 1. The van der Waals surface area contributed by atoms with Crippen LogP contribution < -0.4 is 10.1 Å². The second-order valence-corrected chi connectivity index (χ2v) is 8.22. The van der Waals surface area contributed by atoms with Crippen LogP contribution in [0.15, 0.2) is 18.2 Å². The Labute approximate surface area is 156 Å². The van der Waals surface area contributed by atoms with Gasteiger partial charge in [0.15, 0.2) is 0 Å². The lowest BCUT2D eigenvalue weighted by atomic mass is 9.53. The van der Waals surface area contributed by atoms with Crippen LogP contribution in [0, 0.1) is 5.92 Å². The van der Waals surface area contributed by atoms with E-state index in [2.05, 4.69) is 24.4 Å². The van der Waals surface area contributed by atoms with Gasteiger partial charge < -0.3 is 14.8 Å². The van der Waals surface area contributed by atoms with Crippen molar-refractivity contribution in [3.8, 4) is 5.75 Å². The maximum absolute atomic E-state index is 11.6. The molecule has 3 atom stereocenters. The van der Waals surface area contributed by atoms with Crippen LogP contribution in [0.25, 0.3) is 0 Å². The van der Waals surface area contributed by atoms with Crippen LogP contribution in [-0.4, -0.2) is 25.3 Å². The summed E-state index contributed by atoms with van der Waals surface area (Å²) < 4.78 is 11.0. The summed E-state index contributed by atoms with van der Waals surface area (Å²) in [7, 11) is 0. The van der Waals surface area contributed by atoms with E-state index >= 15 is 0 Å². The number of esters is 1. The van der Waals surface area contributed by atoms with Gasteiger partial charge in [-0.15, -0.1) is 0 Å². The summed E-state index contributed by atoms with van der Waals surface area (Å²) in [6.45, 7) is 3.21. The number of carbonyl (C=O) groups is 1. The Morgan fingerprint density at radius 2 is 2.23 bits per heavy atom. The number of benzene rings is 1. The highest BCUT2D eigenvalue weighted by atomic mass is 16.7. The van der Waals surface area contributed by atoms with E-state index in [-0.39, 0.29) is 12.8 Å². The minimum atomic E-state index is -0.169. The molecule has 0 amide bonds. The topological polar surface area (TPSA) is 47.6 Å².